The molecule has 5 aliphatic heterocycles. The Hall–Kier alpha value is 1.03. The first-order valence-electron chi connectivity index (χ1n) is 17.9. The smallest absolute Gasteiger partial charge is 0.0638 e. The van der Waals surface area contributed by atoms with Crippen LogP contribution in [0.3, 0.4) is 0 Å². The van der Waals surface area contributed by atoms with E-state index < -0.39 is 0 Å². The van der Waals surface area contributed by atoms with Crippen LogP contribution in [0.25, 0.3) is 0 Å². The van der Waals surface area contributed by atoms with E-state index in [2.05, 4.69) is 65.1 Å². The predicted octanol–water partition coefficient (Wildman–Crippen LogP) is 3.02. The van der Waals surface area contributed by atoms with E-state index in [1.54, 1.807) is 0 Å². The molecule has 8 nitrogen and oxygen atoms in total. The van der Waals surface area contributed by atoms with Crippen LogP contribution in [0.2, 0.25) is 0 Å². The molecule has 0 spiro atoms. The summed E-state index contributed by atoms with van der Waals surface area (Å²) < 4.78 is 0.749. The first kappa shape index (κ1) is 30.4. The Labute approximate surface area is 280 Å². The van der Waals surface area contributed by atoms with Crippen molar-refractivity contribution in [1.82, 2.24) is 42.5 Å². The Balaban J connectivity index is 0.00000267. The molecular formula is C32H55IN8Zn. The van der Waals surface area contributed by atoms with Crippen LogP contribution < -0.4 is 42.5 Å². The fraction of sp³-hybridized carbons (Fsp3) is 1.00. The number of halogens is 1. The molecule has 0 aromatic rings. The van der Waals surface area contributed by atoms with Crippen LogP contribution >= 0.6 is 22.6 Å². The standard InChI is InChI=1S/C32H55IN8.Zn/c33-23-15-7-14-22-24(23)32-40-30-21-13-6-5-12-20(21)28(38-30)36-26-17-9-2-1-8-16(17)25(34-26)35-27-18-10-3-4-11-19(18)29(37-27)39-31(22)41-32;/h16-32,34-41H,1-15H2;. The summed E-state index contributed by atoms with van der Waals surface area (Å²) in [5.74, 6) is 5.85. The minimum atomic E-state index is 0. The van der Waals surface area contributed by atoms with Gasteiger partial charge in [0.25, 0.3) is 0 Å². The van der Waals surface area contributed by atoms with E-state index in [0.29, 0.717) is 61.2 Å². The monoisotopic (exact) mass is 742 g/mol. The molecule has 0 aromatic carbocycles. The molecule has 0 aromatic heterocycles. The van der Waals surface area contributed by atoms with Crippen molar-refractivity contribution in [2.24, 2.45) is 47.3 Å². The maximum atomic E-state index is 4.29. The summed E-state index contributed by atoms with van der Waals surface area (Å²) in [5.41, 5.74) is 0. The summed E-state index contributed by atoms with van der Waals surface area (Å²) in [6.45, 7) is 0. The van der Waals surface area contributed by atoms with Gasteiger partial charge in [-0.15, -0.1) is 0 Å². The molecule has 9 fully saturated rings. The van der Waals surface area contributed by atoms with Gasteiger partial charge in [0.2, 0.25) is 0 Å². The van der Waals surface area contributed by atoms with Gasteiger partial charge < -0.3 is 0 Å². The summed E-state index contributed by atoms with van der Waals surface area (Å²) in [4.78, 5) is 0. The minimum Gasteiger partial charge on any atom is -0.286 e. The number of fused-ring (bicyclic) bond motifs is 20. The molecule has 8 N–H and O–H groups in total. The fourth-order valence-electron chi connectivity index (χ4n) is 12.0. The van der Waals surface area contributed by atoms with Gasteiger partial charge in [-0.2, -0.15) is 0 Å². The molecule has 17 unspecified atom stereocenters. The van der Waals surface area contributed by atoms with Crippen molar-refractivity contribution < 1.29 is 19.5 Å². The summed E-state index contributed by atoms with van der Waals surface area (Å²) in [6, 6.07) is 0. The van der Waals surface area contributed by atoms with Crippen molar-refractivity contribution in [3.05, 3.63) is 0 Å². The Morgan fingerprint density at radius 3 is 0.905 bits per heavy atom. The summed E-state index contributed by atoms with van der Waals surface area (Å²) in [5, 5.41) is 33.9. The van der Waals surface area contributed by atoms with Crippen LogP contribution in [-0.2, 0) is 19.5 Å². The SMILES string of the molecule is IC1CCCC2C3NC4NC(NC5NC(NC6NC(NC(N3)C12)C1CCCCC61)C1CCCCC51)C1CCCCC41.[Zn]. The average Bonchev–Trinajstić information content (AvgIpc) is 3.73. The zero-order valence-electron chi connectivity index (χ0n) is 25.5. The number of hydrogen-bond donors (Lipinski definition) is 8. The first-order chi connectivity index (χ1) is 20.2. The second-order valence-corrected chi connectivity index (χ2v) is 17.3. The van der Waals surface area contributed by atoms with Crippen LogP contribution in [0.1, 0.15) is 96.3 Å². The van der Waals surface area contributed by atoms with E-state index in [1.807, 2.05) is 0 Å². The van der Waals surface area contributed by atoms with Gasteiger partial charge in [-0.3, -0.25) is 42.5 Å². The van der Waals surface area contributed by atoms with Gasteiger partial charge in [0.05, 0.1) is 49.3 Å². The van der Waals surface area contributed by atoms with Crippen LogP contribution in [0.15, 0.2) is 0 Å². The van der Waals surface area contributed by atoms with Gasteiger partial charge in [0.1, 0.15) is 0 Å². The quantitative estimate of drug-likeness (QED) is 0.109. The second kappa shape index (κ2) is 12.6. The first-order valence-corrected chi connectivity index (χ1v) is 19.2. The van der Waals surface area contributed by atoms with Crippen LogP contribution in [-0.4, -0.2) is 53.3 Å². The van der Waals surface area contributed by atoms with Crippen molar-refractivity contribution in [2.45, 2.75) is 150 Å². The Morgan fingerprint density at radius 1 is 0.310 bits per heavy atom. The molecule has 4 saturated carbocycles. The van der Waals surface area contributed by atoms with Crippen molar-refractivity contribution in [2.75, 3.05) is 0 Å². The Morgan fingerprint density at radius 2 is 0.571 bits per heavy atom. The average molecular weight is 744 g/mol. The van der Waals surface area contributed by atoms with Crippen LogP contribution in [0.5, 0.6) is 0 Å². The van der Waals surface area contributed by atoms with Crippen molar-refractivity contribution in [1.29, 1.82) is 0 Å². The molecule has 42 heavy (non-hydrogen) atoms. The maximum absolute atomic E-state index is 4.29. The Kier molecular flexibility index (Phi) is 9.09. The summed E-state index contributed by atoms with van der Waals surface area (Å²) in [7, 11) is 0. The van der Waals surface area contributed by atoms with E-state index in [1.165, 1.54) is 96.3 Å². The van der Waals surface area contributed by atoms with Crippen molar-refractivity contribution in [3.8, 4) is 0 Å². The molecule has 8 bridgehead atoms. The van der Waals surface area contributed by atoms with Gasteiger partial charge in [-0.25, -0.2) is 0 Å². The largest absolute Gasteiger partial charge is 0.286 e. The third-order valence-electron chi connectivity index (χ3n) is 13.8. The van der Waals surface area contributed by atoms with Crippen LogP contribution in [0, 0.1) is 47.3 Å². The van der Waals surface area contributed by atoms with Gasteiger partial charge in [0, 0.05) is 29.3 Å². The third-order valence-corrected chi connectivity index (χ3v) is 15.3. The second-order valence-electron chi connectivity index (χ2n) is 15.7. The molecule has 17 atom stereocenters. The molecule has 9 aliphatic rings. The molecule has 9 rings (SSSR count). The maximum Gasteiger partial charge on any atom is 0.0638 e. The van der Waals surface area contributed by atoms with Crippen LogP contribution in [0.4, 0.5) is 0 Å². The molecule has 232 valence electrons. The molecule has 10 heteroatoms. The van der Waals surface area contributed by atoms with Gasteiger partial charge >= 0.3 is 0 Å². The number of alkyl halides is 1. The van der Waals surface area contributed by atoms with E-state index in [9.17, 15) is 0 Å². The topological polar surface area (TPSA) is 96.2 Å². The van der Waals surface area contributed by atoms with Gasteiger partial charge in [-0.05, 0) is 92.8 Å². The van der Waals surface area contributed by atoms with Gasteiger partial charge in [-0.1, -0.05) is 67.5 Å². The third kappa shape index (κ3) is 5.24. The van der Waals surface area contributed by atoms with Crippen molar-refractivity contribution >= 4 is 22.6 Å². The summed E-state index contributed by atoms with van der Waals surface area (Å²) >= 11 is 2.81. The van der Waals surface area contributed by atoms with E-state index in [0.717, 1.165) is 39.4 Å². The van der Waals surface area contributed by atoms with Crippen molar-refractivity contribution in [3.63, 3.8) is 0 Å². The zero-order chi connectivity index (χ0) is 27.1. The molecule has 5 saturated heterocycles. The molecule has 5 heterocycles. The fourth-order valence-corrected chi connectivity index (χ4v) is 13.4. The van der Waals surface area contributed by atoms with E-state index in [4.69, 9.17) is 0 Å². The van der Waals surface area contributed by atoms with Gasteiger partial charge in [0.15, 0.2) is 0 Å². The van der Waals surface area contributed by atoms with E-state index >= 15 is 0 Å². The van der Waals surface area contributed by atoms with E-state index in [-0.39, 0.29) is 19.5 Å². The number of nitrogens with one attached hydrogen (secondary N) is 8. The predicted molar refractivity (Wildman–Crippen MR) is 170 cm³/mol. The molecule has 0 amide bonds. The Bertz CT molecular complexity index is 959. The summed E-state index contributed by atoms with van der Waals surface area (Å²) in [6.07, 6.45) is 24.0. The number of hydrogen-bond acceptors (Lipinski definition) is 8. The number of rotatable bonds is 0. The molecule has 4 aliphatic carbocycles. The zero-order valence-corrected chi connectivity index (χ0v) is 30.6. The molecular weight excluding hydrogens is 689 g/mol. The minimum absolute atomic E-state index is 0. The normalized spacial score (nSPS) is 56.9. The molecule has 0 radical (unpaired) electrons.